The molecule has 1 rings (SSSR count). The van der Waals surface area contributed by atoms with Crippen LogP contribution in [0, 0.1) is 5.41 Å². The normalized spacial score (nSPS) is 14.1. The molecule has 0 aromatic carbocycles. The van der Waals surface area contributed by atoms with E-state index in [1.165, 1.54) is 12.0 Å². The molecular weight excluding hydrogens is 198 g/mol. The second-order valence-electron chi connectivity index (χ2n) is 5.18. The van der Waals surface area contributed by atoms with Gasteiger partial charge in [0.15, 0.2) is 0 Å². The Morgan fingerprint density at radius 3 is 2.56 bits per heavy atom. The van der Waals surface area contributed by atoms with Gasteiger partial charge in [-0.2, -0.15) is 5.10 Å². The lowest BCUT2D eigenvalue weighted by Gasteiger charge is -2.34. The number of nitrogens with one attached hydrogen (secondary N) is 1. The number of rotatable bonds is 6. The van der Waals surface area contributed by atoms with Crippen LogP contribution in [0.5, 0.6) is 0 Å². The van der Waals surface area contributed by atoms with Gasteiger partial charge < -0.3 is 5.32 Å². The third-order valence-electron chi connectivity index (χ3n) is 3.50. The van der Waals surface area contributed by atoms with Crippen molar-refractivity contribution in [2.24, 2.45) is 12.5 Å². The first-order valence-corrected chi connectivity index (χ1v) is 6.20. The first-order chi connectivity index (χ1) is 7.49. The molecule has 3 heteroatoms. The van der Waals surface area contributed by atoms with E-state index in [0.717, 1.165) is 13.0 Å². The van der Waals surface area contributed by atoms with Gasteiger partial charge in [-0.1, -0.05) is 27.7 Å². The molecule has 0 amide bonds. The highest BCUT2D eigenvalue weighted by Gasteiger charge is 2.27. The van der Waals surface area contributed by atoms with Crippen LogP contribution in [0.25, 0.3) is 0 Å². The van der Waals surface area contributed by atoms with Crippen LogP contribution in [0.4, 0.5) is 0 Å². The van der Waals surface area contributed by atoms with Crippen molar-refractivity contribution in [3.05, 3.63) is 18.0 Å². The molecule has 1 aromatic heterocycles. The summed E-state index contributed by atoms with van der Waals surface area (Å²) >= 11 is 0. The van der Waals surface area contributed by atoms with E-state index in [4.69, 9.17) is 0 Å². The maximum absolute atomic E-state index is 4.23. The predicted molar refractivity (Wildman–Crippen MR) is 68.4 cm³/mol. The van der Waals surface area contributed by atoms with E-state index in [1.807, 2.05) is 17.9 Å². The number of nitrogens with zero attached hydrogens (tertiary/aromatic N) is 2. The number of aryl methyl sites for hydroxylation is 1. The molecule has 1 unspecified atom stereocenters. The monoisotopic (exact) mass is 223 g/mol. The molecule has 0 radical (unpaired) electrons. The summed E-state index contributed by atoms with van der Waals surface area (Å²) in [5.74, 6) is 0. The summed E-state index contributed by atoms with van der Waals surface area (Å²) in [7, 11) is 1.97. The lowest BCUT2D eigenvalue weighted by Crippen LogP contribution is -2.43. The van der Waals surface area contributed by atoms with Gasteiger partial charge in [-0.3, -0.25) is 4.68 Å². The summed E-state index contributed by atoms with van der Waals surface area (Å²) in [6.45, 7) is 10.1. The number of aromatic nitrogens is 2. The van der Waals surface area contributed by atoms with Crippen LogP contribution in [0.2, 0.25) is 0 Å². The molecule has 0 aliphatic rings. The van der Waals surface area contributed by atoms with Gasteiger partial charge in [-0.25, -0.2) is 0 Å². The third-order valence-corrected chi connectivity index (χ3v) is 3.50. The van der Waals surface area contributed by atoms with Gasteiger partial charge >= 0.3 is 0 Å². The molecule has 92 valence electrons. The fourth-order valence-electron chi connectivity index (χ4n) is 1.93. The highest BCUT2D eigenvalue weighted by molar-refractivity contribution is 5.07. The van der Waals surface area contributed by atoms with Crippen LogP contribution >= 0.6 is 0 Å². The highest BCUT2D eigenvalue weighted by atomic mass is 15.2. The summed E-state index contributed by atoms with van der Waals surface area (Å²) in [5.41, 5.74) is 1.64. The Labute approximate surface area is 99.2 Å². The van der Waals surface area contributed by atoms with Crippen molar-refractivity contribution in [1.29, 1.82) is 0 Å². The Kier molecular flexibility index (Phi) is 4.54. The van der Waals surface area contributed by atoms with Crippen LogP contribution < -0.4 is 5.32 Å². The first-order valence-electron chi connectivity index (χ1n) is 6.20. The molecule has 0 saturated heterocycles. The molecular formula is C13H25N3. The zero-order valence-corrected chi connectivity index (χ0v) is 11.2. The Hall–Kier alpha value is -0.830. The van der Waals surface area contributed by atoms with Crippen LogP contribution in [-0.4, -0.2) is 22.4 Å². The summed E-state index contributed by atoms with van der Waals surface area (Å²) in [5, 5.41) is 7.82. The third kappa shape index (κ3) is 3.34. The SMILES string of the molecule is CCNC(Cc1cnn(C)c1)C(C)(C)CC. The number of likely N-dealkylation sites (N-methyl/N-ethyl adjacent to an activating group) is 1. The standard InChI is InChI=1S/C13H25N3/c1-6-13(3,4)12(14-7-2)8-11-9-15-16(5)10-11/h9-10,12,14H,6-8H2,1-5H3. The van der Waals surface area contributed by atoms with Crippen molar-refractivity contribution in [1.82, 2.24) is 15.1 Å². The zero-order chi connectivity index (χ0) is 12.2. The molecule has 0 aliphatic heterocycles. The minimum atomic E-state index is 0.325. The maximum atomic E-state index is 4.23. The Balaban J connectivity index is 2.71. The summed E-state index contributed by atoms with van der Waals surface area (Å²) in [6.07, 6.45) is 6.32. The largest absolute Gasteiger partial charge is 0.313 e. The molecule has 0 spiro atoms. The molecule has 0 saturated carbocycles. The average molecular weight is 223 g/mol. The first kappa shape index (κ1) is 13.2. The average Bonchev–Trinajstić information content (AvgIpc) is 2.63. The van der Waals surface area contributed by atoms with Gasteiger partial charge in [0.05, 0.1) is 6.20 Å². The van der Waals surface area contributed by atoms with Gasteiger partial charge in [0.2, 0.25) is 0 Å². The fraction of sp³-hybridized carbons (Fsp3) is 0.769. The van der Waals surface area contributed by atoms with Gasteiger partial charge in [0.1, 0.15) is 0 Å². The van der Waals surface area contributed by atoms with Gasteiger partial charge in [-0.05, 0) is 30.4 Å². The number of hydrogen-bond acceptors (Lipinski definition) is 2. The van der Waals surface area contributed by atoms with Crippen molar-refractivity contribution in [2.75, 3.05) is 6.54 Å². The molecule has 0 fully saturated rings. The topological polar surface area (TPSA) is 29.9 Å². The van der Waals surface area contributed by atoms with Crippen LogP contribution in [0.3, 0.4) is 0 Å². The quantitative estimate of drug-likeness (QED) is 0.802. The van der Waals surface area contributed by atoms with Crippen LogP contribution in [0.1, 0.15) is 39.7 Å². The van der Waals surface area contributed by atoms with E-state index in [1.54, 1.807) is 0 Å². The van der Waals surface area contributed by atoms with Gasteiger partial charge in [-0.15, -0.1) is 0 Å². The molecule has 1 aromatic rings. The molecule has 0 aliphatic carbocycles. The molecule has 1 N–H and O–H groups in total. The predicted octanol–water partition coefficient (Wildman–Crippen LogP) is 2.38. The Bertz CT molecular complexity index is 315. The summed E-state index contributed by atoms with van der Waals surface area (Å²) in [4.78, 5) is 0. The second kappa shape index (κ2) is 5.48. The second-order valence-corrected chi connectivity index (χ2v) is 5.18. The molecule has 0 bridgehead atoms. The van der Waals surface area contributed by atoms with Crippen molar-refractivity contribution < 1.29 is 0 Å². The van der Waals surface area contributed by atoms with E-state index in [-0.39, 0.29) is 0 Å². The maximum Gasteiger partial charge on any atom is 0.0522 e. The lowest BCUT2D eigenvalue weighted by molar-refractivity contribution is 0.232. The van der Waals surface area contributed by atoms with Crippen LogP contribution in [0.15, 0.2) is 12.4 Å². The van der Waals surface area contributed by atoms with E-state index in [9.17, 15) is 0 Å². The number of hydrogen-bond donors (Lipinski definition) is 1. The zero-order valence-electron chi connectivity index (χ0n) is 11.2. The minimum Gasteiger partial charge on any atom is -0.313 e. The van der Waals surface area contributed by atoms with E-state index >= 15 is 0 Å². The summed E-state index contributed by atoms with van der Waals surface area (Å²) < 4.78 is 1.87. The Morgan fingerprint density at radius 2 is 2.12 bits per heavy atom. The highest BCUT2D eigenvalue weighted by Crippen LogP contribution is 2.27. The van der Waals surface area contributed by atoms with Crippen molar-refractivity contribution in [3.63, 3.8) is 0 Å². The Morgan fingerprint density at radius 1 is 1.44 bits per heavy atom. The van der Waals surface area contributed by atoms with Crippen molar-refractivity contribution in [2.45, 2.75) is 46.6 Å². The van der Waals surface area contributed by atoms with Crippen molar-refractivity contribution in [3.8, 4) is 0 Å². The van der Waals surface area contributed by atoms with Gasteiger partial charge in [0.25, 0.3) is 0 Å². The minimum absolute atomic E-state index is 0.325. The van der Waals surface area contributed by atoms with Crippen molar-refractivity contribution >= 4 is 0 Å². The van der Waals surface area contributed by atoms with Gasteiger partial charge in [0, 0.05) is 19.3 Å². The molecule has 16 heavy (non-hydrogen) atoms. The van der Waals surface area contributed by atoms with E-state index in [0.29, 0.717) is 11.5 Å². The smallest absolute Gasteiger partial charge is 0.0522 e. The van der Waals surface area contributed by atoms with E-state index < -0.39 is 0 Å². The molecule has 1 heterocycles. The summed E-state index contributed by atoms with van der Waals surface area (Å²) in [6, 6.07) is 0.520. The van der Waals surface area contributed by atoms with Crippen LogP contribution in [-0.2, 0) is 13.5 Å². The molecule has 1 atom stereocenters. The lowest BCUT2D eigenvalue weighted by atomic mass is 9.79. The molecule has 3 nitrogen and oxygen atoms in total. The van der Waals surface area contributed by atoms with E-state index in [2.05, 4.69) is 44.3 Å². The fourth-order valence-corrected chi connectivity index (χ4v) is 1.93.